The van der Waals surface area contributed by atoms with Crippen molar-refractivity contribution < 1.29 is 9.53 Å². The Kier molecular flexibility index (Phi) is 6.35. The molecule has 0 fully saturated rings. The van der Waals surface area contributed by atoms with E-state index in [9.17, 15) is 4.79 Å². The fourth-order valence-corrected chi connectivity index (χ4v) is 4.55. The average Bonchev–Trinajstić information content (AvgIpc) is 3.21. The van der Waals surface area contributed by atoms with Gasteiger partial charge in [-0.05, 0) is 61.2 Å². The van der Waals surface area contributed by atoms with Crippen LogP contribution in [0.5, 0.6) is 5.75 Å². The molecule has 0 saturated carbocycles. The van der Waals surface area contributed by atoms with E-state index >= 15 is 0 Å². The number of rotatable bonds is 7. The predicted octanol–water partition coefficient (Wildman–Crippen LogP) is 6.26. The van der Waals surface area contributed by atoms with E-state index in [1.165, 1.54) is 11.3 Å². The molecule has 0 saturated heterocycles. The molecule has 1 heterocycles. The van der Waals surface area contributed by atoms with E-state index in [-0.39, 0.29) is 5.91 Å². The molecule has 1 aromatic heterocycles. The first-order chi connectivity index (χ1) is 14.7. The highest BCUT2D eigenvalue weighted by molar-refractivity contribution is 7.98. The molecule has 0 aliphatic heterocycles. The number of fused-ring (bicyclic) bond motifs is 1. The van der Waals surface area contributed by atoms with Crippen LogP contribution in [0.25, 0.3) is 10.2 Å². The van der Waals surface area contributed by atoms with Crippen molar-refractivity contribution in [3.05, 3.63) is 83.9 Å². The van der Waals surface area contributed by atoms with Crippen LogP contribution in [0.3, 0.4) is 0 Å². The van der Waals surface area contributed by atoms with E-state index in [0.29, 0.717) is 23.8 Å². The third-order valence-corrected chi connectivity index (χ3v) is 6.44. The highest BCUT2D eigenvalue weighted by atomic mass is 32.2. The Morgan fingerprint density at radius 3 is 2.53 bits per heavy atom. The van der Waals surface area contributed by atoms with E-state index in [0.717, 1.165) is 26.4 Å². The van der Waals surface area contributed by atoms with Gasteiger partial charge in [0.05, 0.1) is 23.4 Å². The molecule has 3 aromatic carbocycles. The topological polar surface area (TPSA) is 42.4 Å². The maximum atomic E-state index is 13.5. The van der Waals surface area contributed by atoms with Crippen LogP contribution in [0.2, 0.25) is 0 Å². The van der Waals surface area contributed by atoms with Gasteiger partial charge in [-0.2, -0.15) is 0 Å². The number of anilines is 1. The molecular formula is C24H22N2O2S2. The second-order valence-electron chi connectivity index (χ2n) is 6.66. The zero-order chi connectivity index (χ0) is 20.9. The van der Waals surface area contributed by atoms with E-state index in [1.54, 1.807) is 16.7 Å². The average molecular weight is 435 g/mol. The summed E-state index contributed by atoms with van der Waals surface area (Å²) >= 11 is 3.16. The Morgan fingerprint density at radius 1 is 1.07 bits per heavy atom. The van der Waals surface area contributed by atoms with Crippen LogP contribution < -0.4 is 9.64 Å². The number of carbonyl (C=O) groups excluding carboxylic acids is 1. The SMILES string of the molecule is CCOc1ccc2nc(N(Cc3ccccc3)C(=O)c3ccc(SC)cc3)sc2c1. The Hall–Kier alpha value is -2.83. The molecule has 0 radical (unpaired) electrons. The summed E-state index contributed by atoms with van der Waals surface area (Å²) in [4.78, 5) is 21.1. The van der Waals surface area contributed by atoms with E-state index < -0.39 is 0 Å². The van der Waals surface area contributed by atoms with Crippen LogP contribution in [0.4, 0.5) is 5.13 Å². The lowest BCUT2D eigenvalue weighted by molar-refractivity contribution is 0.0985. The van der Waals surface area contributed by atoms with Crippen LogP contribution in [0, 0.1) is 0 Å². The summed E-state index contributed by atoms with van der Waals surface area (Å²) < 4.78 is 6.61. The van der Waals surface area contributed by atoms with Crippen molar-refractivity contribution in [3.63, 3.8) is 0 Å². The van der Waals surface area contributed by atoms with Crippen molar-refractivity contribution in [2.75, 3.05) is 17.8 Å². The summed E-state index contributed by atoms with van der Waals surface area (Å²) in [7, 11) is 0. The van der Waals surface area contributed by atoms with Crippen LogP contribution in [0.15, 0.2) is 77.7 Å². The zero-order valence-electron chi connectivity index (χ0n) is 16.9. The Labute approximate surface area is 184 Å². The highest BCUT2D eigenvalue weighted by Gasteiger charge is 2.22. The van der Waals surface area contributed by atoms with Crippen molar-refractivity contribution in [1.82, 2.24) is 4.98 Å². The number of thiazole rings is 1. The first-order valence-corrected chi connectivity index (χ1v) is 11.8. The molecule has 4 aromatic rings. The molecular weight excluding hydrogens is 412 g/mol. The van der Waals surface area contributed by atoms with Gasteiger partial charge in [-0.1, -0.05) is 41.7 Å². The lowest BCUT2D eigenvalue weighted by Gasteiger charge is -2.20. The van der Waals surface area contributed by atoms with Gasteiger partial charge in [-0.25, -0.2) is 4.98 Å². The van der Waals surface area contributed by atoms with Gasteiger partial charge in [0, 0.05) is 10.5 Å². The van der Waals surface area contributed by atoms with Crippen molar-refractivity contribution in [3.8, 4) is 5.75 Å². The number of aromatic nitrogens is 1. The number of hydrogen-bond donors (Lipinski definition) is 0. The molecule has 0 aliphatic carbocycles. The van der Waals surface area contributed by atoms with Crippen LogP contribution in [-0.2, 0) is 6.54 Å². The molecule has 1 amide bonds. The molecule has 152 valence electrons. The smallest absolute Gasteiger partial charge is 0.260 e. The second kappa shape index (κ2) is 9.32. The third-order valence-electron chi connectivity index (χ3n) is 4.66. The fraction of sp³-hybridized carbons (Fsp3) is 0.167. The zero-order valence-corrected chi connectivity index (χ0v) is 18.5. The summed E-state index contributed by atoms with van der Waals surface area (Å²) in [6.45, 7) is 3.04. The number of thioether (sulfide) groups is 1. The highest BCUT2D eigenvalue weighted by Crippen LogP contribution is 2.33. The second-order valence-corrected chi connectivity index (χ2v) is 8.55. The summed E-state index contributed by atoms with van der Waals surface area (Å²) in [5.74, 6) is 0.754. The molecule has 0 aliphatic rings. The van der Waals surface area contributed by atoms with E-state index in [2.05, 4.69) is 0 Å². The molecule has 30 heavy (non-hydrogen) atoms. The summed E-state index contributed by atoms with van der Waals surface area (Å²) in [5, 5.41) is 0.682. The normalized spacial score (nSPS) is 10.9. The molecule has 0 N–H and O–H groups in total. The minimum Gasteiger partial charge on any atom is -0.494 e. The van der Waals surface area contributed by atoms with Gasteiger partial charge >= 0.3 is 0 Å². The fourth-order valence-electron chi connectivity index (χ4n) is 3.15. The molecule has 0 atom stereocenters. The van der Waals surface area contributed by atoms with E-state index in [4.69, 9.17) is 9.72 Å². The molecule has 6 heteroatoms. The van der Waals surface area contributed by atoms with Crippen molar-refractivity contribution in [2.24, 2.45) is 0 Å². The lowest BCUT2D eigenvalue weighted by Crippen LogP contribution is -2.30. The van der Waals surface area contributed by atoms with Gasteiger partial charge in [-0.3, -0.25) is 9.69 Å². The number of amides is 1. The Balaban J connectivity index is 1.72. The minimum atomic E-state index is -0.0596. The van der Waals surface area contributed by atoms with Gasteiger partial charge in [0.25, 0.3) is 5.91 Å². The van der Waals surface area contributed by atoms with Crippen molar-refractivity contribution >= 4 is 44.4 Å². The predicted molar refractivity (Wildman–Crippen MR) is 126 cm³/mol. The first-order valence-electron chi connectivity index (χ1n) is 9.71. The van der Waals surface area contributed by atoms with E-state index in [1.807, 2.05) is 86.0 Å². The van der Waals surface area contributed by atoms with Crippen molar-refractivity contribution in [1.29, 1.82) is 0 Å². The number of benzene rings is 3. The standard InChI is InChI=1S/C24H22N2O2S2/c1-3-28-19-11-14-21-22(15-19)30-24(25-21)26(16-17-7-5-4-6-8-17)23(27)18-9-12-20(29-2)13-10-18/h4-15H,3,16H2,1-2H3. The van der Waals surface area contributed by atoms with Gasteiger partial charge in [0.2, 0.25) is 0 Å². The summed E-state index contributed by atoms with van der Waals surface area (Å²) in [6.07, 6.45) is 2.02. The quantitative estimate of drug-likeness (QED) is 0.322. The van der Waals surface area contributed by atoms with Crippen molar-refractivity contribution in [2.45, 2.75) is 18.4 Å². The maximum absolute atomic E-state index is 13.5. The van der Waals surface area contributed by atoms with Crippen LogP contribution >= 0.6 is 23.1 Å². The van der Waals surface area contributed by atoms with Crippen LogP contribution in [-0.4, -0.2) is 23.8 Å². The monoisotopic (exact) mass is 434 g/mol. The molecule has 4 nitrogen and oxygen atoms in total. The molecule has 0 bridgehead atoms. The van der Waals surface area contributed by atoms with Crippen LogP contribution in [0.1, 0.15) is 22.8 Å². The first kappa shape index (κ1) is 20.4. The number of ether oxygens (including phenoxy) is 1. The molecule has 0 spiro atoms. The molecule has 4 rings (SSSR count). The Bertz CT molecular complexity index is 1140. The van der Waals surface area contributed by atoms with Gasteiger partial charge in [0.15, 0.2) is 5.13 Å². The third kappa shape index (κ3) is 4.50. The van der Waals surface area contributed by atoms with Gasteiger partial charge in [0.1, 0.15) is 5.75 Å². The number of hydrogen-bond acceptors (Lipinski definition) is 5. The largest absolute Gasteiger partial charge is 0.494 e. The lowest BCUT2D eigenvalue weighted by atomic mass is 10.1. The Morgan fingerprint density at radius 2 is 1.83 bits per heavy atom. The summed E-state index contributed by atoms with van der Waals surface area (Å²) in [5.41, 5.74) is 2.57. The number of carbonyl (C=O) groups is 1. The maximum Gasteiger partial charge on any atom is 0.260 e. The molecule has 0 unspecified atom stereocenters. The summed E-state index contributed by atoms with van der Waals surface area (Å²) in [6, 6.07) is 23.6. The minimum absolute atomic E-state index is 0.0596. The van der Waals surface area contributed by atoms with Gasteiger partial charge < -0.3 is 4.74 Å². The number of nitrogens with zero attached hydrogens (tertiary/aromatic N) is 2. The van der Waals surface area contributed by atoms with Gasteiger partial charge in [-0.15, -0.1) is 11.8 Å².